The van der Waals surface area contributed by atoms with Crippen molar-refractivity contribution >= 4 is 22.1 Å². The number of pyridine rings is 3. The smallest absolute Gasteiger partial charge is 0.139 e. The standard InChI is InChI=1S/C31H22FN2O.C17H20N.Ir/c1-19-18-33-28(17-26(19)22-7-4-3-5-8-22)24-9-6-10-25-30-29(35-31(24)25)16-15-27(34-30)20(2)21-11-13-23(32)14-12-21;1-12(2)9-16-11-18-17(10-14(16)4)15-7-5-13(3)6-8-15;/h3-8,10-18,20H,1-2H3;5-7,10-12H,9H2,1-4H3;/q2*-1;. The monoisotopic (exact) mass is 888 g/mol. The number of fused-ring (bicyclic) bond motifs is 3. The van der Waals surface area contributed by atoms with E-state index in [1.54, 1.807) is 12.1 Å². The van der Waals surface area contributed by atoms with Gasteiger partial charge in [-0.05, 0) is 95.0 Å². The number of halogens is 1. The van der Waals surface area contributed by atoms with Gasteiger partial charge in [0.1, 0.15) is 11.4 Å². The fourth-order valence-electron chi connectivity index (χ4n) is 6.61. The summed E-state index contributed by atoms with van der Waals surface area (Å²) in [5, 5.41) is 0.922. The van der Waals surface area contributed by atoms with Crippen LogP contribution in [0.15, 0.2) is 126 Å². The van der Waals surface area contributed by atoms with Gasteiger partial charge in [-0.3, -0.25) is 0 Å². The van der Waals surface area contributed by atoms with Gasteiger partial charge in [0.15, 0.2) is 0 Å². The van der Waals surface area contributed by atoms with Gasteiger partial charge in [-0.25, -0.2) is 9.37 Å². The van der Waals surface area contributed by atoms with Crippen molar-refractivity contribution in [2.24, 2.45) is 5.92 Å². The van der Waals surface area contributed by atoms with Crippen LogP contribution in [-0.2, 0) is 26.5 Å². The Balaban J connectivity index is 0.000000222. The first-order valence-corrected chi connectivity index (χ1v) is 18.1. The fourth-order valence-corrected chi connectivity index (χ4v) is 6.61. The summed E-state index contributed by atoms with van der Waals surface area (Å²) in [6, 6.07) is 41.8. The van der Waals surface area contributed by atoms with Crippen LogP contribution in [0, 0.1) is 44.6 Å². The molecule has 4 aromatic carbocycles. The molecular weight excluding hydrogens is 846 g/mol. The van der Waals surface area contributed by atoms with Gasteiger partial charge in [0, 0.05) is 44.1 Å². The Hall–Kier alpha value is -5.29. The summed E-state index contributed by atoms with van der Waals surface area (Å²) in [4.78, 5) is 14.2. The van der Waals surface area contributed by atoms with E-state index in [0.717, 1.165) is 73.4 Å². The van der Waals surface area contributed by atoms with Gasteiger partial charge in [-0.1, -0.05) is 93.4 Å². The molecule has 0 aliphatic carbocycles. The van der Waals surface area contributed by atoms with E-state index < -0.39 is 0 Å². The molecule has 1 atom stereocenters. The molecular formula is C48H42FIrN3O-2. The molecule has 0 N–H and O–H groups in total. The molecule has 0 aliphatic rings. The summed E-state index contributed by atoms with van der Waals surface area (Å²) in [5.74, 6) is 0.447. The molecule has 0 aliphatic heterocycles. The molecule has 0 bridgehead atoms. The SMILES string of the molecule is Cc1c[c-]c(-c2cc(C)c(CC(C)C)cn2)cc1.Cc1cnc(-c2[c-]ccc3c2oc2ccc(C(C)c4ccc(F)cc4)nc23)cc1-c1ccccc1.[Ir]. The van der Waals surface area contributed by atoms with E-state index in [0.29, 0.717) is 11.5 Å². The molecule has 0 saturated carbocycles. The molecule has 1 unspecified atom stereocenters. The van der Waals surface area contributed by atoms with E-state index in [1.165, 1.54) is 28.8 Å². The third kappa shape index (κ3) is 8.41. The third-order valence-corrected chi connectivity index (χ3v) is 9.65. The summed E-state index contributed by atoms with van der Waals surface area (Å²) < 4.78 is 19.7. The predicted octanol–water partition coefficient (Wildman–Crippen LogP) is 12.5. The van der Waals surface area contributed by atoms with Gasteiger partial charge in [-0.2, -0.15) is 0 Å². The average Bonchev–Trinajstić information content (AvgIpc) is 3.55. The second-order valence-corrected chi connectivity index (χ2v) is 14.2. The maximum absolute atomic E-state index is 13.4. The molecule has 6 heteroatoms. The van der Waals surface area contributed by atoms with Crippen LogP contribution < -0.4 is 0 Å². The average molecular weight is 888 g/mol. The summed E-state index contributed by atoms with van der Waals surface area (Å²) in [6.45, 7) is 12.9. The largest absolute Gasteiger partial charge is 0.499 e. The molecule has 0 fully saturated rings. The molecule has 4 aromatic heterocycles. The maximum Gasteiger partial charge on any atom is 0.139 e. The Morgan fingerprint density at radius 2 is 1.52 bits per heavy atom. The Morgan fingerprint density at radius 3 is 2.22 bits per heavy atom. The summed E-state index contributed by atoms with van der Waals surface area (Å²) in [6.07, 6.45) is 5.00. The van der Waals surface area contributed by atoms with Crippen LogP contribution in [0.3, 0.4) is 0 Å². The van der Waals surface area contributed by atoms with Crippen molar-refractivity contribution in [2.75, 3.05) is 0 Å². The van der Waals surface area contributed by atoms with Crippen molar-refractivity contribution in [1.82, 2.24) is 15.0 Å². The van der Waals surface area contributed by atoms with Crippen LogP contribution in [0.1, 0.15) is 60.2 Å². The van der Waals surface area contributed by atoms with E-state index >= 15 is 0 Å². The number of nitrogens with zero attached hydrogens (tertiary/aromatic N) is 3. The Labute approximate surface area is 330 Å². The zero-order chi connectivity index (χ0) is 37.1. The zero-order valence-electron chi connectivity index (χ0n) is 31.4. The first-order valence-electron chi connectivity index (χ1n) is 18.1. The minimum absolute atomic E-state index is 0. The number of rotatable bonds is 7. The van der Waals surface area contributed by atoms with E-state index in [-0.39, 0.29) is 31.8 Å². The molecule has 4 nitrogen and oxygen atoms in total. The number of aryl methyl sites for hydroxylation is 3. The number of hydrogen-bond donors (Lipinski definition) is 0. The van der Waals surface area contributed by atoms with E-state index in [1.807, 2.05) is 60.9 Å². The summed E-state index contributed by atoms with van der Waals surface area (Å²) >= 11 is 0. The van der Waals surface area contributed by atoms with Crippen molar-refractivity contribution in [1.29, 1.82) is 0 Å². The first-order chi connectivity index (χ1) is 25.6. The van der Waals surface area contributed by atoms with Crippen molar-refractivity contribution < 1.29 is 28.9 Å². The van der Waals surface area contributed by atoms with E-state index in [4.69, 9.17) is 14.4 Å². The van der Waals surface area contributed by atoms with Gasteiger partial charge in [0.25, 0.3) is 0 Å². The first kappa shape index (κ1) is 38.4. The van der Waals surface area contributed by atoms with Crippen LogP contribution in [-0.4, -0.2) is 15.0 Å². The Bertz CT molecular complexity index is 2510. The Kier molecular flexibility index (Phi) is 12.0. The van der Waals surface area contributed by atoms with Crippen LogP contribution in [0.4, 0.5) is 4.39 Å². The summed E-state index contributed by atoms with van der Waals surface area (Å²) in [5.41, 5.74) is 15.1. The van der Waals surface area contributed by atoms with Gasteiger partial charge >= 0.3 is 0 Å². The number of benzene rings is 4. The van der Waals surface area contributed by atoms with Crippen LogP contribution in [0.5, 0.6) is 0 Å². The van der Waals surface area contributed by atoms with Crippen molar-refractivity contribution in [3.63, 3.8) is 0 Å². The normalized spacial score (nSPS) is 11.6. The van der Waals surface area contributed by atoms with Crippen molar-refractivity contribution in [3.05, 3.63) is 173 Å². The molecule has 0 spiro atoms. The topological polar surface area (TPSA) is 51.8 Å². The minimum atomic E-state index is -0.242. The molecule has 273 valence electrons. The zero-order valence-corrected chi connectivity index (χ0v) is 33.8. The third-order valence-electron chi connectivity index (χ3n) is 9.65. The van der Waals surface area contributed by atoms with E-state index in [9.17, 15) is 4.39 Å². The molecule has 0 amide bonds. The molecule has 0 saturated heterocycles. The quantitative estimate of drug-likeness (QED) is 0.150. The van der Waals surface area contributed by atoms with E-state index in [2.05, 4.69) is 95.1 Å². The van der Waals surface area contributed by atoms with Crippen molar-refractivity contribution in [2.45, 2.75) is 53.9 Å². The number of hydrogen-bond acceptors (Lipinski definition) is 4. The minimum Gasteiger partial charge on any atom is -0.499 e. The second-order valence-electron chi connectivity index (χ2n) is 14.2. The summed E-state index contributed by atoms with van der Waals surface area (Å²) in [7, 11) is 0. The predicted molar refractivity (Wildman–Crippen MR) is 214 cm³/mol. The van der Waals surface area contributed by atoms with Crippen LogP contribution in [0.2, 0.25) is 0 Å². The molecule has 54 heavy (non-hydrogen) atoms. The number of aromatic nitrogens is 3. The van der Waals surface area contributed by atoms with Crippen LogP contribution >= 0.6 is 0 Å². The van der Waals surface area contributed by atoms with Gasteiger partial charge in [-0.15, -0.1) is 53.6 Å². The molecule has 1 radical (unpaired) electrons. The maximum atomic E-state index is 13.4. The number of furan rings is 1. The molecule has 8 rings (SSSR count). The van der Waals surface area contributed by atoms with Crippen LogP contribution in [0.25, 0.3) is 55.7 Å². The van der Waals surface area contributed by atoms with Gasteiger partial charge in [0.05, 0.1) is 11.1 Å². The van der Waals surface area contributed by atoms with Gasteiger partial charge < -0.3 is 14.4 Å². The van der Waals surface area contributed by atoms with Gasteiger partial charge in [0.2, 0.25) is 0 Å². The molecule has 8 aromatic rings. The Morgan fingerprint density at radius 1 is 0.759 bits per heavy atom. The fraction of sp³-hybridized carbons (Fsp3) is 0.188. The van der Waals surface area contributed by atoms with Crippen molar-refractivity contribution in [3.8, 4) is 33.6 Å². The second kappa shape index (κ2) is 16.8. The molecule has 4 heterocycles.